The smallest absolute Gasteiger partial charge is 0.0727 e. The number of likely N-dealkylation sites (N-methyl/N-ethyl adjacent to an activating group) is 1. The summed E-state index contributed by atoms with van der Waals surface area (Å²) in [6, 6.07) is 36.9. The zero-order chi connectivity index (χ0) is 43.1. The van der Waals surface area contributed by atoms with Gasteiger partial charge in [0.05, 0.1) is 23.3 Å². The first-order valence-electron chi connectivity index (χ1n) is 21.4. The van der Waals surface area contributed by atoms with Crippen LogP contribution in [-0.4, -0.2) is 58.7 Å². The summed E-state index contributed by atoms with van der Waals surface area (Å²) >= 11 is 0. The first-order chi connectivity index (χ1) is 27.0. The summed E-state index contributed by atoms with van der Waals surface area (Å²) in [6.07, 6.45) is -0.698. The Kier molecular flexibility index (Phi) is 23.5. The molecule has 4 N–H and O–H groups in total. The van der Waals surface area contributed by atoms with Crippen LogP contribution in [0.15, 0.2) is 72.8 Å². The van der Waals surface area contributed by atoms with Gasteiger partial charge in [-0.25, -0.2) is 0 Å². The zero-order valence-corrected chi connectivity index (χ0v) is 52.0. The van der Waals surface area contributed by atoms with Gasteiger partial charge in [-0.2, -0.15) is 72.8 Å². The molecule has 4 aromatic carbocycles. The molecule has 0 amide bonds. The van der Waals surface area contributed by atoms with Crippen LogP contribution in [-0.2, 0) is 131 Å². The quantitative estimate of drug-likeness (QED) is 0.132. The number of aliphatic hydroxyl groups is 2. The van der Waals surface area contributed by atoms with Crippen molar-refractivity contribution in [3.63, 3.8) is 0 Å². The van der Waals surface area contributed by atoms with Gasteiger partial charge in [-0.05, 0) is 79.1 Å². The maximum atomic E-state index is 10.3. The Labute approximate surface area is 478 Å². The van der Waals surface area contributed by atoms with Crippen molar-refractivity contribution in [1.29, 1.82) is 0 Å². The Hall–Kier alpha value is 0.416. The minimum absolute atomic E-state index is 0. The number of hydrogen-bond acceptors (Lipinski definition) is 6. The first kappa shape index (κ1) is 60.4. The number of fused-ring (bicyclic) bond motifs is 4. The molecule has 62 heavy (non-hydrogen) atoms. The van der Waals surface area contributed by atoms with Crippen LogP contribution < -0.4 is 20.4 Å². The molecule has 4 aromatic rings. The van der Waals surface area contributed by atoms with Crippen LogP contribution in [0.5, 0.6) is 0 Å². The van der Waals surface area contributed by atoms with E-state index in [2.05, 4.69) is 165 Å². The van der Waals surface area contributed by atoms with Gasteiger partial charge in [-0.3, -0.25) is 0 Å². The van der Waals surface area contributed by atoms with Crippen molar-refractivity contribution >= 4 is 22.7 Å². The number of nitrogens with zero attached hydrogens (tertiary/aromatic N) is 2. The first-order valence-corrected chi connectivity index (χ1v) is 21.4. The van der Waals surface area contributed by atoms with E-state index in [1.807, 2.05) is 63.4 Å². The van der Waals surface area contributed by atoms with Crippen molar-refractivity contribution in [3.05, 3.63) is 119 Å². The molecule has 0 aliphatic carbocycles. The fourth-order valence-electron chi connectivity index (χ4n) is 9.44. The van der Waals surface area contributed by atoms with E-state index in [1.165, 1.54) is 33.8 Å². The van der Waals surface area contributed by atoms with Crippen molar-refractivity contribution in [1.82, 2.24) is 0 Å². The van der Waals surface area contributed by atoms with E-state index in [0.29, 0.717) is 23.7 Å². The van der Waals surface area contributed by atoms with Gasteiger partial charge < -0.3 is 30.6 Å². The van der Waals surface area contributed by atoms with Crippen LogP contribution >= 0.6 is 0 Å². The van der Waals surface area contributed by atoms with Crippen molar-refractivity contribution in [2.45, 2.75) is 155 Å². The molecule has 0 saturated heterocycles. The van der Waals surface area contributed by atoms with Gasteiger partial charge in [0, 0.05) is 156 Å². The van der Waals surface area contributed by atoms with E-state index in [0.717, 1.165) is 11.3 Å². The van der Waals surface area contributed by atoms with Crippen LogP contribution in [0.4, 0.5) is 22.7 Å². The van der Waals surface area contributed by atoms with E-state index in [4.69, 9.17) is 0 Å². The maximum absolute atomic E-state index is 10.3. The molecule has 4 heterocycles. The number of nitrogens with one attached hydrogen (secondary N) is 2. The van der Waals surface area contributed by atoms with Crippen LogP contribution in [0.25, 0.3) is 0 Å². The fourth-order valence-corrected chi connectivity index (χ4v) is 9.44. The van der Waals surface area contributed by atoms with Crippen molar-refractivity contribution in [3.8, 4) is 0 Å². The summed E-state index contributed by atoms with van der Waals surface area (Å²) < 4.78 is 0. The largest absolute Gasteiger partial charge is 0.401 e. The summed E-state index contributed by atoms with van der Waals surface area (Å²) in [6.45, 7) is 30.8. The molecule has 0 bridgehead atoms. The van der Waals surface area contributed by atoms with Gasteiger partial charge >= 0.3 is 0 Å². The standard InChI is InChI=1S/C14H20N.C13H18NO.C13H18N.C12H16NO.4Y/c1-10-11(2)14(3,4)15(5)13-9-7-6-8-12(10)13;1-9-10-7-5-6-8-11(10)14(4)13(2,3)12(9)15;1-9-10(2)13(3,4)14-12-8-6-5-7-11(9)12;1-8-9-6-4-5-7-10(9)13-12(2,3)11(8)14;;;;/h7-11H,1-5H3;6-9,12,15H,1-4H3;6-10,14H,1-4H3;5-8,11,13-14H,1-3H3;;;;/q4*-1;;;;. The van der Waals surface area contributed by atoms with Gasteiger partial charge in [-0.15, -0.1) is 46.5 Å². The van der Waals surface area contributed by atoms with Gasteiger partial charge in [-0.1, -0.05) is 76.1 Å². The van der Waals surface area contributed by atoms with Crippen LogP contribution in [0.3, 0.4) is 0 Å². The summed E-state index contributed by atoms with van der Waals surface area (Å²) in [7, 11) is 4.23. The molecule has 4 aliphatic rings. The fraction of sp³-hybridized carbons (Fsp3) is 0.538. The number of aliphatic hydroxyl groups excluding tert-OH is 2. The van der Waals surface area contributed by atoms with Gasteiger partial charge in [0.15, 0.2) is 0 Å². The van der Waals surface area contributed by atoms with Gasteiger partial charge in [0.25, 0.3) is 0 Å². The van der Waals surface area contributed by atoms with Crippen molar-refractivity contribution < 1.29 is 141 Å². The normalized spacial score (nSPS) is 27.1. The van der Waals surface area contributed by atoms with E-state index in [-0.39, 0.29) is 177 Å². The Morgan fingerprint density at radius 2 is 0.790 bits per heavy atom. The second-order valence-electron chi connectivity index (χ2n) is 19.7. The monoisotopic (exact) mass is 1140 g/mol. The van der Waals surface area contributed by atoms with Crippen LogP contribution in [0.2, 0.25) is 0 Å². The second kappa shape index (κ2) is 24.1. The average molecular weight is 1140 g/mol. The minimum Gasteiger partial charge on any atom is -0.401 e. The molecule has 0 aromatic heterocycles. The summed E-state index contributed by atoms with van der Waals surface area (Å²) in [5.74, 6) is 2.86. The third kappa shape index (κ3) is 12.5. The summed E-state index contributed by atoms with van der Waals surface area (Å²) in [5.41, 5.74) is 10.1. The molecular weight excluding hydrogens is 1070 g/mol. The van der Waals surface area contributed by atoms with E-state index >= 15 is 0 Å². The molecule has 10 heteroatoms. The maximum Gasteiger partial charge on any atom is 0.0727 e. The molecule has 8 atom stereocenters. The number of benzene rings is 4. The van der Waals surface area contributed by atoms with Gasteiger partial charge in [0.1, 0.15) is 0 Å². The molecular formula is C52H72N4O2Y4-4. The summed E-state index contributed by atoms with van der Waals surface area (Å²) in [4.78, 5) is 4.56. The predicted molar refractivity (Wildman–Crippen MR) is 245 cm³/mol. The topological polar surface area (TPSA) is 71.0 Å². The minimum atomic E-state index is -0.356. The van der Waals surface area contributed by atoms with Crippen LogP contribution in [0, 0.1) is 36.1 Å². The van der Waals surface area contributed by atoms with E-state index in [9.17, 15) is 10.2 Å². The van der Waals surface area contributed by atoms with Gasteiger partial charge in [0.2, 0.25) is 0 Å². The molecule has 4 radical (unpaired) electrons. The third-order valence-electron chi connectivity index (χ3n) is 15.0. The Balaban J connectivity index is 0.000000405. The Bertz CT molecular complexity index is 1880. The molecule has 0 spiro atoms. The molecule has 0 saturated carbocycles. The number of rotatable bonds is 0. The number of anilines is 4. The molecule has 8 rings (SSSR count). The molecule has 328 valence electrons. The predicted octanol–water partition coefficient (Wildman–Crippen LogP) is 11.2. The molecule has 0 fully saturated rings. The van der Waals surface area contributed by atoms with Crippen LogP contribution in [0.1, 0.15) is 143 Å². The zero-order valence-electron chi connectivity index (χ0n) is 40.6. The molecule has 4 aliphatic heterocycles. The number of hydrogen-bond donors (Lipinski definition) is 4. The van der Waals surface area contributed by atoms with E-state index in [1.54, 1.807) is 0 Å². The average Bonchev–Trinajstić information content (AvgIpc) is 3.20. The van der Waals surface area contributed by atoms with E-state index < -0.39 is 0 Å². The SMILES string of the molecule is CC1c2c[c-]ccc2N(C)C(C)(C)C1C.CC1c2c[c-]ccc2N(C)C(C)(C)C1O.CC1c2c[c-]ccc2NC(C)(C)C1C.CC1c2c[c-]ccc2NC(C)(C)C1O.[Y].[Y].[Y].[Y]. The third-order valence-corrected chi connectivity index (χ3v) is 15.0. The Morgan fingerprint density at radius 3 is 1.26 bits per heavy atom. The Morgan fingerprint density at radius 1 is 0.452 bits per heavy atom. The summed E-state index contributed by atoms with van der Waals surface area (Å²) in [5, 5.41) is 27.3. The van der Waals surface area contributed by atoms with Crippen molar-refractivity contribution in [2.24, 2.45) is 11.8 Å². The van der Waals surface area contributed by atoms with Crippen molar-refractivity contribution in [2.75, 3.05) is 34.5 Å². The molecule has 8 unspecified atom stereocenters. The molecule has 6 nitrogen and oxygen atoms in total. The second-order valence-corrected chi connectivity index (χ2v) is 19.7.